The molecule has 2 nitrogen and oxygen atoms in total. The van der Waals surface area contributed by atoms with Crippen molar-refractivity contribution >= 4 is 0 Å². The Morgan fingerprint density at radius 1 is 1.12 bits per heavy atom. The average molecular weight is 238 g/mol. The second-order valence-corrected chi connectivity index (χ2v) is 6.23. The molecule has 0 aromatic rings. The van der Waals surface area contributed by atoms with E-state index >= 15 is 0 Å². The van der Waals surface area contributed by atoms with E-state index in [2.05, 4.69) is 11.8 Å². The van der Waals surface area contributed by atoms with E-state index < -0.39 is 0 Å². The average Bonchev–Trinajstić information content (AvgIpc) is 2.34. The van der Waals surface area contributed by atoms with Gasteiger partial charge in [-0.15, -0.1) is 0 Å². The maximum Gasteiger partial charge on any atom is 0.00951 e. The van der Waals surface area contributed by atoms with Crippen molar-refractivity contribution in [2.45, 2.75) is 70.8 Å². The first-order chi connectivity index (χ1) is 8.29. The minimum absolute atomic E-state index is 0.530. The molecular weight excluding hydrogens is 208 g/mol. The van der Waals surface area contributed by atoms with E-state index in [1.807, 2.05) is 0 Å². The van der Waals surface area contributed by atoms with Crippen LogP contribution in [0, 0.1) is 5.41 Å². The van der Waals surface area contributed by atoms with E-state index in [9.17, 15) is 0 Å². The maximum absolute atomic E-state index is 5.96. The van der Waals surface area contributed by atoms with Gasteiger partial charge in [0.05, 0.1) is 0 Å². The molecule has 2 rings (SSSR count). The fourth-order valence-electron chi connectivity index (χ4n) is 3.66. The molecule has 0 heterocycles. The Morgan fingerprint density at radius 3 is 2.29 bits per heavy atom. The molecule has 100 valence electrons. The summed E-state index contributed by atoms with van der Waals surface area (Å²) in [6, 6.07) is 0.878. The van der Waals surface area contributed by atoms with Crippen molar-refractivity contribution in [1.29, 1.82) is 0 Å². The molecule has 17 heavy (non-hydrogen) atoms. The van der Waals surface area contributed by atoms with E-state index in [0.29, 0.717) is 5.41 Å². The second kappa shape index (κ2) is 6.19. The smallest absolute Gasteiger partial charge is 0.00951 e. The van der Waals surface area contributed by atoms with Crippen molar-refractivity contribution in [3.05, 3.63) is 0 Å². The summed E-state index contributed by atoms with van der Waals surface area (Å²) >= 11 is 0. The summed E-state index contributed by atoms with van der Waals surface area (Å²) in [6.45, 7) is 5.75. The zero-order valence-corrected chi connectivity index (χ0v) is 11.6. The van der Waals surface area contributed by atoms with Crippen LogP contribution < -0.4 is 5.73 Å². The van der Waals surface area contributed by atoms with Crippen LogP contribution in [0.1, 0.15) is 64.7 Å². The van der Waals surface area contributed by atoms with Crippen molar-refractivity contribution in [3.8, 4) is 0 Å². The molecule has 0 radical (unpaired) electrons. The van der Waals surface area contributed by atoms with Crippen LogP contribution in [-0.2, 0) is 0 Å². The molecule has 2 heteroatoms. The van der Waals surface area contributed by atoms with Crippen LogP contribution in [0.15, 0.2) is 0 Å². The van der Waals surface area contributed by atoms with Crippen molar-refractivity contribution in [1.82, 2.24) is 4.90 Å². The van der Waals surface area contributed by atoms with Gasteiger partial charge in [0.2, 0.25) is 0 Å². The predicted molar refractivity (Wildman–Crippen MR) is 74.1 cm³/mol. The van der Waals surface area contributed by atoms with Gasteiger partial charge in [-0.3, -0.25) is 0 Å². The summed E-state index contributed by atoms with van der Waals surface area (Å²) in [4.78, 5) is 2.73. The standard InChI is InChI=1S/C15H30N2/c1-2-17(14-7-4-3-5-8-14)12-11-15(13-16)9-6-10-15/h14H,2-13,16H2,1H3. The Bertz CT molecular complexity index is 211. The van der Waals surface area contributed by atoms with Gasteiger partial charge >= 0.3 is 0 Å². The molecule has 0 saturated heterocycles. The van der Waals surface area contributed by atoms with E-state index in [1.165, 1.54) is 70.9 Å². The lowest BCUT2D eigenvalue weighted by atomic mass is 9.66. The lowest BCUT2D eigenvalue weighted by molar-refractivity contribution is 0.0843. The SMILES string of the molecule is CCN(CCC1(CN)CCC1)C1CCCCC1. The third-order valence-corrected chi connectivity index (χ3v) is 5.27. The molecule has 0 aliphatic heterocycles. The summed E-state index contributed by atoms with van der Waals surface area (Å²) in [5.41, 5.74) is 6.49. The highest BCUT2D eigenvalue weighted by atomic mass is 15.1. The largest absolute Gasteiger partial charge is 0.330 e. The highest BCUT2D eigenvalue weighted by Crippen LogP contribution is 2.43. The molecule has 2 aliphatic carbocycles. The third kappa shape index (κ3) is 3.23. The molecular formula is C15H30N2. The van der Waals surface area contributed by atoms with Crippen LogP contribution in [-0.4, -0.2) is 30.6 Å². The zero-order chi connectivity index (χ0) is 12.1. The van der Waals surface area contributed by atoms with Gasteiger partial charge in [-0.2, -0.15) is 0 Å². The van der Waals surface area contributed by atoms with Crippen LogP contribution in [0.25, 0.3) is 0 Å². The number of nitrogens with zero attached hydrogens (tertiary/aromatic N) is 1. The summed E-state index contributed by atoms with van der Waals surface area (Å²) in [5, 5.41) is 0. The zero-order valence-electron chi connectivity index (χ0n) is 11.6. The quantitative estimate of drug-likeness (QED) is 0.770. The Balaban J connectivity index is 1.78. The van der Waals surface area contributed by atoms with Crippen LogP contribution >= 0.6 is 0 Å². The van der Waals surface area contributed by atoms with E-state index in [1.54, 1.807) is 0 Å². The monoisotopic (exact) mass is 238 g/mol. The van der Waals surface area contributed by atoms with Crippen molar-refractivity contribution in [2.75, 3.05) is 19.6 Å². The molecule has 2 fully saturated rings. The molecule has 2 aliphatic rings. The first-order valence-electron chi connectivity index (χ1n) is 7.74. The van der Waals surface area contributed by atoms with Crippen LogP contribution in [0.5, 0.6) is 0 Å². The molecule has 0 atom stereocenters. The van der Waals surface area contributed by atoms with Crippen molar-refractivity contribution in [2.24, 2.45) is 11.1 Å². The van der Waals surface area contributed by atoms with E-state index in [0.717, 1.165) is 12.6 Å². The van der Waals surface area contributed by atoms with Gasteiger partial charge in [0, 0.05) is 6.04 Å². The lowest BCUT2D eigenvalue weighted by Gasteiger charge is -2.43. The van der Waals surface area contributed by atoms with Crippen LogP contribution in [0.4, 0.5) is 0 Å². The molecule has 0 aromatic carbocycles. The first-order valence-corrected chi connectivity index (χ1v) is 7.74. The van der Waals surface area contributed by atoms with Gasteiger partial charge in [-0.25, -0.2) is 0 Å². The minimum Gasteiger partial charge on any atom is -0.330 e. The number of nitrogens with two attached hydrogens (primary N) is 1. The highest BCUT2D eigenvalue weighted by Gasteiger charge is 2.35. The summed E-state index contributed by atoms with van der Waals surface area (Å²) in [6.07, 6.45) is 12.7. The fourth-order valence-corrected chi connectivity index (χ4v) is 3.66. The van der Waals surface area contributed by atoms with E-state index in [4.69, 9.17) is 5.73 Å². The summed E-state index contributed by atoms with van der Waals surface area (Å²) < 4.78 is 0. The summed E-state index contributed by atoms with van der Waals surface area (Å²) in [5.74, 6) is 0. The van der Waals surface area contributed by atoms with Gasteiger partial charge in [0.1, 0.15) is 0 Å². The van der Waals surface area contributed by atoms with Gasteiger partial charge in [-0.1, -0.05) is 32.6 Å². The van der Waals surface area contributed by atoms with Gasteiger partial charge < -0.3 is 10.6 Å². The van der Waals surface area contributed by atoms with Crippen LogP contribution in [0.3, 0.4) is 0 Å². The van der Waals surface area contributed by atoms with Crippen molar-refractivity contribution < 1.29 is 0 Å². The molecule has 0 unspecified atom stereocenters. The summed E-state index contributed by atoms with van der Waals surface area (Å²) in [7, 11) is 0. The van der Waals surface area contributed by atoms with Crippen LogP contribution in [0.2, 0.25) is 0 Å². The molecule has 0 bridgehead atoms. The van der Waals surface area contributed by atoms with Gasteiger partial charge in [0.25, 0.3) is 0 Å². The normalized spacial score (nSPS) is 24.9. The first kappa shape index (κ1) is 13.4. The van der Waals surface area contributed by atoms with Gasteiger partial charge in [0.15, 0.2) is 0 Å². The second-order valence-electron chi connectivity index (χ2n) is 6.23. The topological polar surface area (TPSA) is 29.3 Å². The van der Waals surface area contributed by atoms with Crippen molar-refractivity contribution in [3.63, 3.8) is 0 Å². The minimum atomic E-state index is 0.530. The third-order valence-electron chi connectivity index (χ3n) is 5.27. The molecule has 0 spiro atoms. The number of hydrogen-bond donors (Lipinski definition) is 1. The number of rotatable bonds is 6. The Labute approximate surface area is 107 Å². The molecule has 0 amide bonds. The molecule has 0 aromatic heterocycles. The Morgan fingerprint density at radius 2 is 1.82 bits per heavy atom. The molecule has 2 N–H and O–H groups in total. The molecule has 2 saturated carbocycles. The lowest BCUT2D eigenvalue weighted by Crippen LogP contribution is -2.43. The maximum atomic E-state index is 5.96. The highest BCUT2D eigenvalue weighted by molar-refractivity contribution is 4.90. The van der Waals surface area contributed by atoms with Gasteiger partial charge in [-0.05, 0) is 57.2 Å². The Kier molecular flexibility index (Phi) is 4.87. The Hall–Kier alpha value is -0.0800. The predicted octanol–water partition coefficient (Wildman–Crippen LogP) is 3.16. The van der Waals surface area contributed by atoms with E-state index in [-0.39, 0.29) is 0 Å². The fraction of sp³-hybridized carbons (Fsp3) is 1.00. The number of hydrogen-bond acceptors (Lipinski definition) is 2.